The van der Waals surface area contributed by atoms with Gasteiger partial charge in [-0.25, -0.2) is 0 Å². The van der Waals surface area contributed by atoms with Crippen LogP contribution in [-0.4, -0.2) is 33.9 Å². The Kier molecular flexibility index (Phi) is 6.76. The predicted octanol–water partition coefficient (Wildman–Crippen LogP) is 5.82. The van der Waals surface area contributed by atoms with Crippen LogP contribution in [0.3, 0.4) is 0 Å². The summed E-state index contributed by atoms with van der Waals surface area (Å²) in [6, 6.07) is 12.2. The van der Waals surface area contributed by atoms with Gasteiger partial charge in [-0.05, 0) is 101 Å². The third kappa shape index (κ3) is 5.13. The number of fused-ring (bicyclic) bond motifs is 2. The molecule has 3 aromatic rings. The van der Waals surface area contributed by atoms with Gasteiger partial charge in [0, 0.05) is 34.9 Å². The van der Waals surface area contributed by atoms with E-state index in [9.17, 15) is 4.79 Å². The summed E-state index contributed by atoms with van der Waals surface area (Å²) in [5.41, 5.74) is 5.72. The number of aromatic nitrogens is 2. The highest BCUT2D eigenvalue weighted by molar-refractivity contribution is 9.10. The number of benzene rings is 1. The van der Waals surface area contributed by atoms with Gasteiger partial charge in [-0.2, -0.15) is 0 Å². The van der Waals surface area contributed by atoms with E-state index in [1.807, 2.05) is 24.4 Å². The van der Waals surface area contributed by atoms with Crippen LogP contribution in [-0.2, 0) is 17.6 Å². The number of halogens is 2. The molecule has 2 aliphatic rings. The minimum Gasteiger partial charge on any atom is -0.325 e. The summed E-state index contributed by atoms with van der Waals surface area (Å²) < 4.78 is 1.01. The molecule has 1 fully saturated rings. The molecule has 0 saturated carbocycles. The van der Waals surface area contributed by atoms with Crippen LogP contribution < -0.4 is 5.32 Å². The van der Waals surface area contributed by atoms with Crippen molar-refractivity contribution in [3.05, 3.63) is 86.9 Å². The first kappa shape index (κ1) is 22.5. The third-order valence-corrected chi connectivity index (χ3v) is 7.29. The van der Waals surface area contributed by atoms with Crippen molar-refractivity contribution in [3.8, 4) is 0 Å². The molecule has 1 N–H and O–H groups in total. The first-order chi connectivity index (χ1) is 16.1. The standard InChI is InChI=1S/C26H26BrClN4O/c27-20-12-19-6-5-18-13-21(28)7-8-23(18)26(25(19)30-14-20)32-10-2-3-17(16-32)11-24(33)31-22-4-1-9-29-15-22/h1,4,7-9,12-15,17,26H,2-3,5-6,10-11,16H2,(H,31,33). The summed E-state index contributed by atoms with van der Waals surface area (Å²) >= 11 is 9.96. The van der Waals surface area contributed by atoms with Crippen molar-refractivity contribution in [3.63, 3.8) is 0 Å². The van der Waals surface area contributed by atoms with E-state index in [-0.39, 0.29) is 11.9 Å². The molecule has 2 aromatic heterocycles. The number of nitrogens with one attached hydrogen (secondary N) is 1. The molecule has 1 aliphatic heterocycles. The average molecular weight is 526 g/mol. The normalized spacial score (nSPS) is 20.4. The number of nitrogens with zero attached hydrogens (tertiary/aromatic N) is 3. The van der Waals surface area contributed by atoms with Crippen LogP contribution in [0, 0.1) is 5.92 Å². The minimum atomic E-state index is 0.0466. The summed E-state index contributed by atoms with van der Waals surface area (Å²) in [5.74, 6) is 0.346. The van der Waals surface area contributed by atoms with Crippen molar-refractivity contribution >= 4 is 39.1 Å². The zero-order valence-corrected chi connectivity index (χ0v) is 20.6. The van der Waals surface area contributed by atoms with Gasteiger partial charge >= 0.3 is 0 Å². The molecule has 7 heteroatoms. The Morgan fingerprint density at radius 3 is 2.91 bits per heavy atom. The molecule has 3 heterocycles. The molecule has 1 aromatic carbocycles. The Labute approximate surface area is 207 Å². The number of pyridine rings is 2. The fourth-order valence-corrected chi connectivity index (χ4v) is 5.76. The Bertz CT molecular complexity index is 1100. The lowest BCUT2D eigenvalue weighted by Crippen LogP contribution is -2.40. The van der Waals surface area contributed by atoms with Crippen molar-refractivity contribution in [1.29, 1.82) is 0 Å². The van der Waals surface area contributed by atoms with E-state index in [1.54, 1.807) is 12.4 Å². The van der Waals surface area contributed by atoms with Crippen molar-refractivity contribution in [1.82, 2.24) is 14.9 Å². The molecule has 5 nitrogen and oxygen atoms in total. The van der Waals surface area contributed by atoms with E-state index in [0.29, 0.717) is 12.3 Å². The summed E-state index contributed by atoms with van der Waals surface area (Å²) in [7, 11) is 0. The number of piperidine rings is 1. The number of carbonyl (C=O) groups is 1. The van der Waals surface area contributed by atoms with Gasteiger partial charge in [-0.3, -0.25) is 19.7 Å². The summed E-state index contributed by atoms with van der Waals surface area (Å²) in [5, 5.41) is 3.76. The molecule has 0 spiro atoms. The zero-order valence-electron chi connectivity index (χ0n) is 18.3. The molecular weight excluding hydrogens is 500 g/mol. The van der Waals surface area contributed by atoms with Gasteiger partial charge in [0.1, 0.15) is 0 Å². The number of aryl methyl sites for hydroxylation is 2. The van der Waals surface area contributed by atoms with Gasteiger partial charge < -0.3 is 5.32 Å². The van der Waals surface area contributed by atoms with Crippen molar-refractivity contribution in [2.75, 3.05) is 18.4 Å². The second-order valence-electron chi connectivity index (χ2n) is 8.94. The maximum absolute atomic E-state index is 12.7. The molecule has 0 radical (unpaired) electrons. The quantitative estimate of drug-likeness (QED) is 0.466. The molecule has 1 saturated heterocycles. The van der Waals surface area contributed by atoms with Crippen LogP contribution in [0.1, 0.15) is 47.7 Å². The smallest absolute Gasteiger partial charge is 0.224 e. The summed E-state index contributed by atoms with van der Waals surface area (Å²) in [6.07, 6.45) is 9.80. The topological polar surface area (TPSA) is 58.1 Å². The SMILES string of the molecule is O=C(CC1CCCN(C2c3ccc(Cl)cc3CCc3cc(Br)cnc32)C1)Nc1cccnc1. The van der Waals surface area contributed by atoms with Gasteiger partial charge in [-0.15, -0.1) is 0 Å². The molecule has 2 atom stereocenters. The Hall–Kier alpha value is -2.28. The number of amides is 1. The van der Waals surface area contributed by atoms with E-state index in [4.69, 9.17) is 16.6 Å². The third-order valence-electron chi connectivity index (χ3n) is 6.63. The lowest BCUT2D eigenvalue weighted by molar-refractivity contribution is -0.117. The number of hydrogen-bond acceptors (Lipinski definition) is 4. The van der Waals surface area contributed by atoms with Gasteiger partial charge in [0.05, 0.1) is 23.6 Å². The van der Waals surface area contributed by atoms with Crippen LogP contribution in [0.4, 0.5) is 5.69 Å². The number of anilines is 1. The van der Waals surface area contributed by atoms with E-state index in [1.165, 1.54) is 16.7 Å². The second-order valence-corrected chi connectivity index (χ2v) is 10.3. The second kappa shape index (κ2) is 9.92. The Balaban J connectivity index is 1.40. The van der Waals surface area contributed by atoms with Gasteiger partial charge in [0.25, 0.3) is 0 Å². The molecule has 170 valence electrons. The van der Waals surface area contributed by atoms with Crippen molar-refractivity contribution in [2.45, 2.75) is 38.1 Å². The number of likely N-dealkylation sites (tertiary alicyclic amines) is 1. The van der Waals surface area contributed by atoms with Gasteiger partial charge in [0.2, 0.25) is 5.91 Å². The number of carbonyl (C=O) groups excluding carboxylic acids is 1. The largest absolute Gasteiger partial charge is 0.325 e. The summed E-state index contributed by atoms with van der Waals surface area (Å²) in [6.45, 7) is 1.86. The number of rotatable bonds is 4. The Morgan fingerprint density at radius 2 is 2.06 bits per heavy atom. The predicted molar refractivity (Wildman–Crippen MR) is 134 cm³/mol. The van der Waals surface area contributed by atoms with E-state index < -0.39 is 0 Å². The molecule has 33 heavy (non-hydrogen) atoms. The molecule has 5 rings (SSSR count). The van der Waals surface area contributed by atoms with Crippen molar-refractivity contribution < 1.29 is 4.79 Å². The zero-order chi connectivity index (χ0) is 22.8. The summed E-state index contributed by atoms with van der Waals surface area (Å²) in [4.78, 5) is 24.2. The maximum atomic E-state index is 12.7. The van der Waals surface area contributed by atoms with E-state index in [0.717, 1.165) is 59.6 Å². The highest BCUT2D eigenvalue weighted by Crippen LogP contribution is 2.39. The average Bonchev–Trinajstić information content (AvgIpc) is 2.96. The minimum absolute atomic E-state index is 0.0466. The van der Waals surface area contributed by atoms with E-state index in [2.05, 4.69) is 49.3 Å². The Morgan fingerprint density at radius 1 is 1.18 bits per heavy atom. The van der Waals surface area contributed by atoms with Gasteiger partial charge in [-0.1, -0.05) is 17.7 Å². The maximum Gasteiger partial charge on any atom is 0.224 e. The first-order valence-corrected chi connectivity index (χ1v) is 12.6. The van der Waals surface area contributed by atoms with Crippen LogP contribution in [0.15, 0.2) is 59.5 Å². The first-order valence-electron chi connectivity index (χ1n) is 11.4. The molecule has 1 aliphatic carbocycles. The molecule has 0 bridgehead atoms. The lowest BCUT2D eigenvalue weighted by atomic mass is 9.90. The van der Waals surface area contributed by atoms with Crippen LogP contribution in [0.25, 0.3) is 0 Å². The van der Waals surface area contributed by atoms with E-state index >= 15 is 0 Å². The molecule has 1 amide bonds. The molecular formula is C26H26BrClN4O. The monoisotopic (exact) mass is 524 g/mol. The highest BCUT2D eigenvalue weighted by Gasteiger charge is 2.34. The van der Waals surface area contributed by atoms with Crippen LogP contribution >= 0.6 is 27.5 Å². The van der Waals surface area contributed by atoms with Crippen molar-refractivity contribution in [2.24, 2.45) is 5.92 Å². The van der Waals surface area contributed by atoms with Crippen LogP contribution in [0.5, 0.6) is 0 Å². The lowest BCUT2D eigenvalue weighted by Gasteiger charge is -2.39. The van der Waals surface area contributed by atoms with Gasteiger partial charge in [0.15, 0.2) is 0 Å². The number of hydrogen-bond donors (Lipinski definition) is 1. The fourth-order valence-electron chi connectivity index (χ4n) is 5.19. The van der Waals surface area contributed by atoms with Crippen LogP contribution in [0.2, 0.25) is 5.02 Å². The highest BCUT2D eigenvalue weighted by atomic mass is 79.9. The fraction of sp³-hybridized carbons (Fsp3) is 0.346. The molecule has 2 unspecified atom stereocenters.